The molecule has 5 nitrogen and oxygen atoms in total. The van der Waals surface area contributed by atoms with Crippen LogP contribution in [0.15, 0.2) is 0 Å². The number of ether oxygens (including phenoxy) is 1. The van der Waals surface area contributed by atoms with Gasteiger partial charge in [0.1, 0.15) is 0 Å². The molecule has 1 heterocycles. The Labute approximate surface area is 116 Å². The first-order valence-corrected chi connectivity index (χ1v) is 6.66. The topological polar surface area (TPSA) is 67.6 Å². The highest BCUT2D eigenvalue weighted by Gasteiger charge is 2.29. The highest BCUT2D eigenvalue weighted by molar-refractivity contribution is 5.81. The fraction of sp³-hybridized carbons (Fsp3) is 0.917. The minimum Gasteiger partial charge on any atom is -0.381 e. The molecule has 8 heteroatoms. The third-order valence-corrected chi connectivity index (χ3v) is 3.32. The van der Waals surface area contributed by atoms with Gasteiger partial charge in [0, 0.05) is 26.3 Å². The number of nitrogens with two attached hydrogens (primary N) is 1. The SMILES string of the molecule is CN(CCNC(=O)C(N)C1CCOCC1)CC(F)(F)F. The van der Waals surface area contributed by atoms with E-state index in [2.05, 4.69) is 5.32 Å². The molecule has 0 aromatic rings. The van der Waals surface area contributed by atoms with Crippen molar-refractivity contribution in [3.8, 4) is 0 Å². The summed E-state index contributed by atoms with van der Waals surface area (Å²) >= 11 is 0. The number of rotatable bonds is 6. The van der Waals surface area contributed by atoms with Crippen molar-refractivity contribution >= 4 is 5.91 Å². The number of nitrogens with zero attached hydrogens (tertiary/aromatic N) is 1. The molecule has 1 rings (SSSR count). The molecule has 3 N–H and O–H groups in total. The van der Waals surface area contributed by atoms with Crippen molar-refractivity contribution in [1.29, 1.82) is 0 Å². The van der Waals surface area contributed by atoms with Gasteiger partial charge in [-0.3, -0.25) is 9.69 Å². The molecule has 1 saturated heterocycles. The molecule has 118 valence electrons. The Balaban J connectivity index is 2.22. The summed E-state index contributed by atoms with van der Waals surface area (Å²) in [6, 6.07) is -0.619. The second-order valence-corrected chi connectivity index (χ2v) is 5.12. The first kappa shape index (κ1) is 17.2. The molecule has 0 saturated carbocycles. The Morgan fingerprint density at radius 3 is 2.60 bits per heavy atom. The van der Waals surface area contributed by atoms with E-state index in [0.29, 0.717) is 13.2 Å². The zero-order valence-electron chi connectivity index (χ0n) is 11.6. The Bertz CT molecular complexity index is 307. The number of carbonyl (C=O) groups excluding carboxylic acids is 1. The monoisotopic (exact) mass is 297 g/mol. The van der Waals surface area contributed by atoms with E-state index in [1.54, 1.807) is 0 Å². The summed E-state index contributed by atoms with van der Waals surface area (Å²) in [5, 5.41) is 2.58. The van der Waals surface area contributed by atoms with Crippen molar-refractivity contribution in [3.63, 3.8) is 0 Å². The Morgan fingerprint density at radius 1 is 1.45 bits per heavy atom. The van der Waals surface area contributed by atoms with Gasteiger partial charge in [-0.2, -0.15) is 13.2 Å². The number of hydrogen-bond acceptors (Lipinski definition) is 4. The number of amides is 1. The summed E-state index contributed by atoms with van der Waals surface area (Å²) in [6.07, 6.45) is -2.75. The van der Waals surface area contributed by atoms with Crippen LogP contribution in [0.25, 0.3) is 0 Å². The first-order valence-electron chi connectivity index (χ1n) is 6.66. The Morgan fingerprint density at radius 2 is 2.05 bits per heavy atom. The molecule has 0 aromatic heterocycles. The van der Waals surface area contributed by atoms with Crippen molar-refractivity contribution in [2.75, 3.05) is 39.9 Å². The van der Waals surface area contributed by atoms with Gasteiger partial charge in [0.2, 0.25) is 5.91 Å². The van der Waals surface area contributed by atoms with E-state index in [1.165, 1.54) is 7.05 Å². The summed E-state index contributed by atoms with van der Waals surface area (Å²) < 4.78 is 41.5. The van der Waals surface area contributed by atoms with E-state index < -0.39 is 18.8 Å². The van der Waals surface area contributed by atoms with Gasteiger partial charge in [0.05, 0.1) is 12.6 Å². The molecule has 0 aliphatic carbocycles. The van der Waals surface area contributed by atoms with Crippen LogP contribution >= 0.6 is 0 Å². The van der Waals surface area contributed by atoms with Crippen molar-refractivity contribution < 1.29 is 22.7 Å². The zero-order valence-corrected chi connectivity index (χ0v) is 11.6. The summed E-state index contributed by atoms with van der Waals surface area (Å²) in [5.41, 5.74) is 5.85. The molecule has 1 unspecified atom stereocenters. The second kappa shape index (κ2) is 7.80. The fourth-order valence-electron chi connectivity index (χ4n) is 2.16. The number of halogens is 3. The number of carbonyl (C=O) groups is 1. The van der Waals surface area contributed by atoms with Crippen LogP contribution in [0.3, 0.4) is 0 Å². The maximum atomic E-state index is 12.1. The van der Waals surface area contributed by atoms with E-state index in [1.807, 2.05) is 0 Å². The van der Waals surface area contributed by atoms with Gasteiger partial charge in [0.25, 0.3) is 0 Å². The lowest BCUT2D eigenvalue weighted by Gasteiger charge is -2.27. The molecular formula is C12H22F3N3O2. The van der Waals surface area contributed by atoms with E-state index >= 15 is 0 Å². The lowest BCUT2D eigenvalue weighted by molar-refractivity contribution is -0.142. The van der Waals surface area contributed by atoms with Gasteiger partial charge >= 0.3 is 6.18 Å². The third kappa shape index (κ3) is 6.53. The minimum atomic E-state index is -4.22. The molecule has 0 bridgehead atoms. The molecule has 1 atom stereocenters. The maximum absolute atomic E-state index is 12.1. The quantitative estimate of drug-likeness (QED) is 0.742. The number of likely N-dealkylation sites (N-methyl/N-ethyl adjacent to an activating group) is 1. The van der Waals surface area contributed by atoms with Gasteiger partial charge in [0.15, 0.2) is 0 Å². The van der Waals surface area contributed by atoms with Crippen molar-refractivity contribution in [2.45, 2.75) is 25.1 Å². The average molecular weight is 297 g/mol. The van der Waals surface area contributed by atoms with E-state index in [0.717, 1.165) is 17.7 Å². The maximum Gasteiger partial charge on any atom is 0.401 e. The molecule has 0 spiro atoms. The third-order valence-electron chi connectivity index (χ3n) is 3.32. The first-order chi connectivity index (χ1) is 9.29. The van der Waals surface area contributed by atoms with Gasteiger partial charge in [-0.25, -0.2) is 0 Å². The highest BCUT2D eigenvalue weighted by atomic mass is 19.4. The van der Waals surface area contributed by atoms with Crippen LogP contribution in [0, 0.1) is 5.92 Å². The van der Waals surface area contributed by atoms with Crippen molar-refractivity contribution in [3.05, 3.63) is 0 Å². The van der Waals surface area contributed by atoms with Gasteiger partial charge < -0.3 is 15.8 Å². The van der Waals surface area contributed by atoms with Gasteiger partial charge in [-0.1, -0.05) is 0 Å². The normalized spacial score (nSPS) is 19.1. The number of hydrogen-bond donors (Lipinski definition) is 2. The van der Waals surface area contributed by atoms with Crippen LogP contribution in [0.1, 0.15) is 12.8 Å². The van der Waals surface area contributed by atoms with Gasteiger partial charge in [-0.15, -0.1) is 0 Å². The summed E-state index contributed by atoms with van der Waals surface area (Å²) in [7, 11) is 1.36. The molecule has 1 aliphatic heterocycles. The predicted octanol–water partition coefficient (Wildman–Crippen LogP) is 0.351. The van der Waals surface area contributed by atoms with Crippen LogP contribution in [-0.2, 0) is 9.53 Å². The molecular weight excluding hydrogens is 275 g/mol. The van der Waals surface area contributed by atoms with E-state index in [9.17, 15) is 18.0 Å². The van der Waals surface area contributed by atoms with E-state index in [4.69, 9.17) is 10.5 Å². The van der Waals surface area contributed by atoms with Crippen LogP contribution in [0.5, 0.6) is 0 Å². The van der Waals surface area contributed by atoms with Crippen LogP contribution in [-0.4, -0.2) is 62.9 Å². The Kier molecular flexibility index (Phi) is 6.70. The molecule has 1 aliphatic rings. The summed E-state index contributed by atoms with van der Waals surface area (Å²) in [6.45, 7) is 0.489. The van der Waals surface area contributed by atoms with Crippen molar-refractivity contribution in [2.24, 2.45) is 11.7 Å². The summed E-state index contributed by atoms with van der Waals surface area (Å²) in [4.78, 5) is 12.9. The minimum absolute atomic E-state index is 0.0802. The zero-order chi connectivity index (χ0) is 15.2. The van der Waals surface area contributed by atoms with Gasteiger partial charge in [-0.05, 0) is 25.8 Å². The summed E-state index contributed by atoms with van der Waals surface area (Å²) in [5.74, 6) is -0.228. The second-order valence-electron chi connectivity index (χ2n) is 5.12. The lowest BCUT2D eigenvalue weighted by atomic mass is 9.92. The lowest BCUT2D eigenvalue weighted by Crippen LogP contribution is -2.48. The van der Waals surface area contributed by atoms with Crippen LogP contribution in [0.4, 0.5) is 13.2 Å². The molecule has 0 radical (unpaired) electrons. The smallest absolute Gasteiger partial charge is 0.381 e. The molecule has 20 heavy (non-hydrogen) atoms. The molecule has 1 fully saturated rings. The number of nitrogens with one attached hydrogen (secondary N) is 1. The predicted molar refractivity (Wildman–Crippen MR) is 68.1 cm³/mol. The fourth-order valence-corrected chi connectivity index (χ4v) is 2.16. The number of alkyl halides is 3. The standard InChI is InChI=1S/C12H22F3N3O2/c1-18(8-12(13,14)15)5-4-17-11(19)10(16)9-2-6-20-7-3-9/h9-10H,2-8,16H2,1H3,(H,17,19). The average Bonchev–Trinajstić information content (AvgIpc) is 2.36. The van der Waals surface area contributed by atoms with Crippen molar-refractivity contribution in [1.82, 2.24) is 10.2 Å². The van der Waals surface area contributed by atoms with Crippen LogP contribution in [0.2, 0.25) is 0 Å². The largest absolute Gasteiger partial charge is 0.401 e. The highest BCUT2D eigenvalue weighted by Crippen LogP contribution is 2.17. The molecule has 0 aromatic carbocycles. The Hall–Kier alpha value is -0.860. The van der Waals surface area contributed by atoms with E-state index in [-0.39, 0.29) is 24.9 Å². The molecule has 1 amide bonds. The van der Waals surface area contributed by atoms with Crippen LogP contribution < -0.4 is 11.1 Å².